The van der Waals surface area contributed by atoms with Gasteiger partial charge < -0.3 is 21.1 Å². The van der Waals surface area contributed by atoms with E-state index in [2.05, 4.69) is 10.6 Å². The second kappa shape index (κ2) is 8.26. The molecule has 4 N–H and O–H groups in total. The maximum Gasteiger partial charge on any atom is 0.258 e. The van der Waals surface area contributed by atoms with Crippen LogP contribution in [-0.4, -0.2) is 30.5 Å². The third-order valence-electron chi connectivity index (χ3n) is 2.75. The van der Waals surface area contributed by atoms with Gasteiger partial charge in [-0.2, -0.15) is 0 Å². The Balaban J connectivity index is 2.45. The van der Waals surface area contributed by atoms with Crippen molar-refractivity contribution in [1.82, 2.24) is 10.6 Å². The van der Waals surface area contributed by atoms with Gasteiger partial charge in [-0.25, -0.2) is 0 Å². The first-order chi connectivity index (χ1) is 9.93. The molecule has 0 fully saturated rings. The van der Waals surface area contributed by atoms with Crippen LogP contribution in [-0.2, 0) is 16.1 Å². The predicted molar refractivity (Wildman–Crippen MR) is 80.7 cm³/mol. The highest BCUT2D eigenvalue weighted by atomic mass is 16.5. The Kier molecular flexibility index (Phi) is 6.68. The highest BCUT2D eigenvalue weighted by Gasteiger charge is 2.16. The van der Waals surface area contributed by atoms with E-state index >= 15 is 0 Å². The number of hydrogen-bond donors (Lipinski definition) is 3. The minimum Gasteiger partial charge on any atom is -0.483 e. The molecule has 0 aliphatic rings. The molecule has 1 atom stereocenters. The quantitative estimate of drug-likeness (QED) is 0.684. The highest BCUT2D eigenvalue weighted by Crippen LogP contribution is 2.16. The number of para-hydroxylation sites is 1. The Labute approximate surface area is 125 Å². The average molecular weight is 293 g/mol. The van der Waals surface area contributed by atoms with Crippen LogP contribution in [0.25, 0.3) is 0 Å². The number of carbonyl (C=O) groups excluding carboxylic acids is 2. The first-order valence-electron chi connectivity index (χ1n) is 6.94. The number of rotatable bonds is 7. The lowest BCUT2D eigenvalue weighted by Gasteiger charge is -2.16. The van der Waals surface area contributed by atoms with Crippen LogP contribution in [0.1, 0.15) is 26.3 Å². The molecular weight excluding hydrogens is 270 g/mol. The van der Waals surface area contributed by atoms with Crippen LogP contribution < -0.4 is 21.1 Å². The Morgan fingerprint density at radius 1 is 1.19 bits per heavy atom. The van der Waals surface area contributed by atoms with Crippen LogP contribution >= 0.6 is 0 Å². The van der Waals surface area contributed by atoms with Gasteiger partial charge in [0.2, 0.25) is 5.91 Å². The van der Waals surface area contributed by atoms with E-state index < -0.39 is 6.04 Å². The van der Waals surface area contributed by atoms with Gasteiger partial charge in [0.1, 0.15) is 11.8 Å². The zero-order valence-electron chi connectivity index (χ0n) is 12.7. The SMILES string of the molecule is CC(C)NC(=O)C(C)NC(=O)COc1ccccc1CN. The van der Waals surface area contributed by atoms with E-state index in [0.717, 1.165) is 5.56 Å². The van der Waals surface area contributed by atoms with E-state index in [0.29, 0.717) is 12.3 Å². The van der Waals surface area contributed by atoms with E-state index in [-0.39, 0.29) is 24.5 Å². The standard InChI is InChI=1S/C15H23N3O3/c1-10(2)17-15(20)11(3)18-14(19)9-21-13-7-5-4-6-12(13)8-16/h4-7,10-11H,8-9,16H2,1-3H3,(H,17,20)(H,18,19). The highest BCUT2D eigenvalue weighted by molar-refractivity contribution is 5.87. The molecule has 6 heteroatoms. The van der Waals surface area contributed by atoms with Crippen molar-refractivity contribution < 1.29 is 14.3 Å². The summed E-state index contributed by atoms with van der Waals surface area (Å²) in [4.78, 5) is 23.4. The third kappa shape index (κ3) is 5.83. The van der Waals surface area contributed by atoms with Crippen LogP contribution in [0.15, 0.2) is 24.3 Å². The summed E-state index contributed by atoms with van der Waals surface area (Å²) < 4.78 is 5.43. The Morgan fingerprint density at radius 2 is 1.86 bits per heavy atom. The first kappa shape index (κ1) is 17.0. The molecule has 0 bridgehead atoms. The van der Waals surface area contributed by atoms with E-state index in [1.807, 2.05) is 32.0 Å². The van der Waals surface area contributed by atoms with Crippen molar-refractivity contribution in [3.05, 3.63) is 29.8 Å². The summed E-state index contributed by atoms with van der Waals surface area (Å²) in [6.45, 7) is 5.53. The maximum atomic E-state index is 11.8. The van der Waals surface area contributed by atoms with Crippen molar-refractivity contribution in [2.75, 3.05) is 6.61 Å². The summed E-state index contributed by atoms with van der Waals surface area (Å²) >= 11 is 0. The maximum absolute atomic E-state index is 11.8. The molecule has 2 amide bonds. The van der Waals surface area contributed by atoms with Crippen molar-refractivity contribution in [3.8, 4) is 5.75 Å². The van der Waals surface area contributed by atoms with E-state index in [9.17, 15) is 9.59 Å². The van der Waals surface area contributed by atoms with Gasteiger partial charge in [-0.1, -0.05) is 18.2 Å². The van der Waals surface area contributed by atoms with E-state index in [1.54, 1.807) is 13.0 Å². The molecule has 0 aliphatic heterocycles. The molecule has 21 heavy (non-hydrogen) atoms. The number of carbonyl (C=O) groups is 2. The third-order valence-corrected chi connectivity index (χ3v) is 2.75. The molecule has 0 spiro atoms. The van der Waals surface area contributed by atoms with Gasteiger partial charge in [-0.3, -0.25) is 9.59 Å². The fraction of sp³-hybridized carbons (Fsp3) is 0.467. The summed E-state index contributed by atoms with van der Waals surface area (Å²) in [5.41, 5.74) is 6.42. The molecular formula is C15H23N3O3. The summed E-state index contributed by atoms with van der Waals surface area (Å²) in [7, 11) is 0. The van der Waals surface area contributed by atoms with Gasteiger partial charge in [-0.05, 0) is 26.8 Å². The van der Waals surface area contributed by atoms with E-state index in [1.165, 1.54) is 0 Å². The van der Waals surface area contributed by atoms with Crippen molar-refractivity contribution >= 4 is 11.8 Å². The van der Waals surface area contributed by atoms with Crippen LogP contribution in [0.3, 0.4) is 0 Å². The molecule has 1 rings (SSSR count). The predicted octanol–water partition coefficient (Wildman–Crippen LogP) is 0.553. The smallest absolute Gasteiger partial charge is 0.258 e. The number of amides is 2. The van der Waals surface area contributed by atoms with Crippen LogP contribution in [0, 0.1) is 0 Å². The second-order valence-corrected chi connectivity index (χ2v) is 5.05. The molecule has 0 saturated heterocycles. The van der Waals surface area contributed by atoms with Crippen LogP contribution in [0.5, 0.6) is 5.75 Å². The van der Waals surface area contributed by atoms with Gasteiger partial charge in [0, 0.05) is 18.2 Å². The molecule has 0 saturated carbocycles. The summed E-state index contributed by atoms with van der Waals surface area (Å²) in [5, 5.41) is 5.31. The summed E-state index contributed by atoms with van der Waals surface area (Å²) in [6.07, 6.45) is 0. The van der Waals surface area contributed by atoms with Crippen LogP contribution in [0.4, 0.5) is 0 Å². The topological polar surface area (TPSA) is 93.5 Å². The Hall–Kier alpha value is -2.08. The van der Waals surface area contributed by atoms with Gasteiger partial charge in [0.15, 0.2) is 6.61 Å². The molecule has 6 nitrogen and oxygen atoms in total. The van der Waals surface area contributed by atoms with Crippen molar-refractivity contribution in [3.63, 3.8) is 0 Å². The number of hydrogen-bond acceptors (Lipinski definition) is 4. The molecule has 1 aromatic rings. The fourth-order valence-corrected chi connectivity index (χ4v) is 1.71. The van der Waals surface area contributed by atoms with Crippen molar-refractivity contribution in [2.24, 2.45) is 5.73 Å². The molecule has 0 heterocycles. The fourth-order valence-electron chi connectivity index (χ4n) is 1.71. The minimum absolute atomic E-state index is 0.0320. The minimum atomic E-state index is -0.603. The zero-order valence-corrected chi connectivity index (χ0v) is 12.7. The van der Waals surface area contributed by atoms with Gasteiger partial charge in [-0.15, -0.1) is 0 Å². The lowest BCUT2D eigenvalue weighted by Crippen LogP contribution is -2.47. The van der Waals surface area contributed by atoms with E-state index in [4.69, 9.17) is 10.5 Å². The molecule has 0 aliphatic carbocycles. The molecule has 116 valence electrons. The summed E-state index contributed by atoms with van der Waals surface area (Å²) in [6, 6.07) is 6.69. The summed E-state index contributed by atoms with van der Waals surface area (Å²) in [5.74, 6) is 0.00312. The lowest BCUT2D eigenvalue weighted by molar-refractivity contribution is -0.129. The van der Waals surface area contributed by atoms with Crippen molar-refractivity contribution in [2.45, 2.75) is 39.4 Å². The largest absolute Gasteiger partial charge is 0.483 e. The van der Waals surface area contributed by atoms with Gasteiger partial charge in [0.25, 0.3) is 5.91 Å². The lowest BCUT2D eigenvalue weighted by atomic mass is 10.2. The van der Waals surface area contributed by atoms with Crippen LogP contribution in [0.2, 0.25) is 0 Å². The second-order valence-electron chi connectivity index (χ2n) is 5.05. The first-order valence-corrected chi connectivity index (χ1v) is 6.94. The monoisotopic (exact) mass is 293 g/mol. The molecule has 1 aromatic carbocycles. The molecule has 0 aromatic heterocycles. The molecule has 1 unspecified atom stereocenters. The zero-order chi connectivity index (χ0) is 15.8. The van der Waals surface area contributed by atoms with Gasteiger partial charge in [0.05, 0.1) is 0 Å². The molecule has 0 radical (unpaired) electrons. The number of ether oxygens (including phenoxy) is 1. The van der Waals surface area contributed by atoms with Crippen molar-refractivity contribution in [1.29, 1.82) is 0 Å². The average Bonchev–Trinajstić information content (AvgIpc) is 2.44. The Bertz CT molecular complexity index is 489. The number of nitrogens with two attached hydrogens (primary N) is 1. The Morgan fingerprint density at radius 3 is 2.48 bits per heavy atom. The normalized spacial score (nSPS) is 11.9. The van der Waals surface area contributed by atoms with Gasteiger partial charge >= 0.3 is 0 Å². The number of nitrogens with one attached hydrogen (secondary N) is 2. The number of benzene rings is 1.